The zero-order valence-electron chi connectivity index (χ0n) is 15.8. The summed E-state index contributed by atoms with van der Waals surface area (Å²) in [5, 5.41) is 34.4. The van der Waals surface area contributed by atoms with E-state index in [1.54, 1.807) is 18.2 Å². The maximum Gasteiger partial charge on any atom is 0.490 e. The highest BCUT2D eigenvalue weighted by Gasteiger charge is 2.39. The Bertz CT molecular complexity index is 964. The number of amides is 1. The number of carbonyl (C=O) groups excluding carboxylic acids is 1. The molecule has 31 heavy (non-hydrogen) atoms. The number of rotatable bonds is 8. The van der Waals surface area contributed by atoms with Gasteiger partial charge in [-0.05, 0) is 23.4 Å². The highest BCUT2D eigenvalue weighted by molar-refractivity contribution is 5.95. The fourth-order valence-electron chi connectivity index (χ4n) is 2.23. The first kappa shape index (κ1) is 23.3. The Morgan fingerprint density at radius 1 is 1.26 bits per heavy atom. The number of nitrogens with one attached hydrogen (secondary N) is 3. The minimum atomic E-state index is -5.08. The van der Waals surface area contributed by atoms with Crippen LogP contribution < -0.4 is 10.6 Å². The van der Waals surface area contributed by atoms with Crippen LogP contribution in [0.15, 0.2) is 34.5 Å². The standard InChI is InChI=1S/C15H16N8O.C2HF3O2/c1-2-3-7-15(20-21-15)8-9-16-13(24)11-5-4-6-12(10-11)17-14-18-22-23-19-14;3-2(4,5)1(6)7/h1,4-6,10H,3,7-9H2,(H,16,24)(H2,17,18,19,22,23);(H,6,7). The lowest BCUT2D eigenvalue weighted by atomic mass is 10.0. The minimum Gasteiger partial charge on any atom is -0.475 e. The van der Waals surface area contributed by atoms with Gasteiger partial charge in [-0.25, -0.2) is 4.79 Å². The first-order chi connectivity index (χ1) is 14.6. The summed E-state index contributed by atoms with van der Waals surface area (Å²) in [5.74, 6) is -0.00889. The fraction of sp³-hybridized carbons (Fsp3) is 0.353. The number of tetrazole rings is 1. The summed E-state index contributed by atoms with van der Waals surface area (Å²) < 4.78 is 31.7. The number of aromatic amines is 1. The fourth-order valence-corrected chi connectivity index (χ4v) is 2.23. The molecule has 2 heterocycles. The van der Waals surface area contributed by atoms with Gasteiger partial charge in [-0.2, -0.15) is 28.6 Å². The van der Waals surface area contributed by atoms with Crippen LogP contribution in [0.3, 0.4) is 0 Å². The molecule has 0 saturated carbocycles. The number of aromatic nitrogens is 4. The predicted molar refractivity (Wildman–Crippen MR) is 100 cm³/mol. The molecule has 1 amide bonds. The molecule has 1 aliphatic heterocycles. The van der Waals surface area contributed by atoms with Crippen LogP contribution in [0, 0.1) is 12.3 Å². The molecule has 1 aromatic carbocycles. The van der Waals surface area contributed by atoms with Crippen molar-refractivity contribution in [2.24, 2.45) is 10.2 Å². The van der Waals surface area contributed by atoms with Crippen LogP contribution in [0.25, 0.3) is 0 Å². The van der Waals surface area contributed by atoms with E-state index >= 15 is 0 Å². The van der Waals surface area contributed by atoms with E-state index in [0.29, 0.717) is 36.6 Å². The van der Waals surface area contributed by atoms with E-state index in [2.05, 4.69) is 47.4 Å². The Morgan fingerprint density at radius 2 is 1.97 bits per heavy atom. The molecule has 4 N–H and O–H groups in total. The topological polar surface area (TPSA) is 158 Å². The third-order valence-electron chi connectivity index (χ3n) is 3.83. The lowest BCUT2D eigenvalue weighted by Crippen LogP contribution is -2.28. The molecule has 0 aliphatic carbocycles. The Morgan fingerprint density at radius 3 is 2.52 bits per heavy atom. The first-order valence-electron chi connectivity index (χ1n) is 8.71. The van der Waals surface area contributed by atoms with Crippen molar-refractivity contribution in [3.63, 3.8) is 0 Å². The summed E-state index contributed by atoms with van der Waals surface area (Å²) in [4.78, 5) is 21.1. The summed E-state index contributed by atoms with van der Waals surface area (Å²) in [6.07, 6.45) is 2.18. The van der Waals surface area contributed by atoms with Gasteiger partial charge in [0.15, 0.2) is 5.66 Å². The summed E-state index contributed by atoms with van der Waals surface area (Å²) in [6, 6.07) is 7.03. The lowest BCUT2D eigenvalue weighted by Gasteiger charge is -2.10. The molecule has 164 valence electrons. The number of anilines is 2. The minimum absolute atomic E-state index is 0.167. The molecule has 0 saturated heterocycles. The number of aliphatic carboxylic acids is 1. The van der Waals surface area contributed by atoms with E-state index in [0.717, 1.165) is 6.42 Å². The molecule has 2 aromatic rings. The predicted octanol–water partition coefficient (Wildman–Crippen LogP) is 2.27. The molecule has 14 heteroatoms. The van der Waals surface area contributed by atoms with Gasteiger partial charge in [0.2, 0.25) is 0 Å². The van der Waals surface area contributed by atoms with E-state index in [4.69, 9.17) is 16.3 Å². The van der Waals surface area contributed by atoms with Gasteiger partial charge in [0.1, 0.15) is 0 Å². The molecular formula is C17H17F3N8O3. The quantitative estimate of drug-likeness (QED) is 0.460. The van der Waals surface area contributed by atoms with Crippen molar-refractivity contribution in [1.29, 1.82) is 0 Å². The Kier molecular flexibility index (Phi) is 7.61. The van der Waals surface area contributed by atoms with Gasteiger partial charge in [-0.15, -0.1) is 17.4 Å². The van der Waals surface area contributed by atoms with Crippen molar-refractivity contribution in [1.82, 2.24) is 25.9 Å². The third-order valence-corrected chi connectivity index (χ3v) is 3.83. The molecule has 0 fully saturated rings. The summed E-state index contributed by atoms with van der Waals surface area (Å²) in [7, 11) is 0. The number of halogens is 3. The average Bonchev–Trinajstić information content (AvgIpc) is 3.30. The number of hydrogen-bond acceptors (Lipinski definition) is 8. The van der Waals surface area contributed by atoms with Crippen molar-refractivity contribution in [2.45, 2.75) is 31.1 Å². The number of alkyl halides is 3. The van der Waals surface area contributed by atoms with Crippen LogP contribution in [-0.2, 0) is 4.79 Å². The summed E-state index contributed by atoms with van der Waals surface area (Å²) in [6.45, 7) is 0.485. The summed E-state index contributed by atoms with van der Waals surface area (Å²) in [5.41, 5.74) is 0.842. The van der Waals surface area contributed by atoms with E-state index in [1.165, 1.54) is 0 Å². The van der Waals surface area contributed by atoms with E-state index in [1.807, 2.05) is 6.07 Å². The van der Waals surface area contributed by atoms with Gasteiger partial charge >= 0.3 is 12.1 Å². The van der Waals surface area contributed by atoms with Crippen molar-refractivity contribution >= 4 is 23.5 Å². The van der Waals surface area contributed by atoms with Crippen LogP contribution >= 0.6 is 0 Å². The highest BCUT2D eigenvalue weighted by atomic mass is 19.4. The number of hydrogen-bond donors (Lipinski definition) is 4. The van der Waals surface area contributed by atoms with Crippen LogP contribution in [0.1, 0.15) is 29.6 Å². The van der Waals surface area contributed by atoms with E-state index in [9.17, 15) is 18.0 Å². The van der Waals surface area contributed by atoms with Gasteiger partial charge in [0, 0.05) is 37.1 Å². The normalized spacial score (nSPS) is 13.4. The molecule has 3 rings (SSSR count). The SMILES string of the molecule is C#CCCC1(CCNC(=O)c2cccc(Nc3nn[nH]n3)c2)N=N1.O=C(O)C(F)(F)F. The van der Waals surface area contributed by atoms with Crippen LogP contribution in [-0.4, -0.2) is 56.0 Å². The zero-order chi connectivity index (χ0) is 22.9. The first-order valence-corrected chi connectivity index (χ1v) is 8.71. The second kappa shape index (κ2) is 10.1. The number of carboxylic acid groups (broad SMARTS) is 1. The second-order valence-electron chi connectivity index (χ2n) is 6.14. The van der Waals surface area contributed by atoms with Crippen molar-refractivity contribution in [3.8, 4) is 12.3 Å². The van der Waals surface area contributed by atoms with Gasteiger partial charge in [-0.1, -0.05) is 11.2 Å². The molecule has 0 unspecified atom stereocenters. The maximum absolute atomic E-state index is 12.2. The number of terminal acetylenes is 1. The van der Waals surface area contributed by atoms with Crippen LogP contribution in [0.2, 0.25) is 0 Å². The Hall–Kier alpha value is -4.02. The smallest absolute Gasteiger partial charge is 0.475 e. The van der Waals surface area contributed by atoms with Crippen molar-refractivity contribution in [2.75, 3.05) is 11.9 Å². The third kappa shape index (κ3) is 7.72. The molecule has 0 spiro atoms. The Balaban J connectivity index is 0.000000423. The van der Waals surface area contributed by atoms with Gasteiger partial charge in [0.25, 0.3) is 11.9 Å². The number of carbonyl (C=O) groups is 2. The number of benzene rings is 1. The van der Waals surface area contributed by atoms with Gasteiger partial charge in [-0.3, -0.25) is 4.79 Å². The largest absolute Gasteiger partial charge is 0.490 e. The zero-order valence-corrected chi connectivity index (χ0v) is 15.8. The molecule has 1 aliphatic rings. The number of nitrogens with zero attached hydrogens (tertiary/aromatic N) is 5. The molecule has 0 bridgehead atoms. The summed E-state index contributed by atoms with van der Waals surface area (Å²) >= 11 is 0. The average molecular weight is 438 g/mol. The van der Waals surface area contributed by atoms with Crippen LogP contribution in [0.4, 0.5) is 24.8 Å². The molecular weight excluding hydrogens is 421 g/mol. The number of H-pyrrole nitrogens is 1. The maximum atomic E-state index is 12.2. The van der Waals surface area contributed by atoms with Crippen molar-refractivity contribution < 1.29 is 27.9 Å². The van der Waals surface area contributed by atoms with Gasteiger partial charge < -0.3 is 15.7 Å². The van der Waals surface area contributed by atoms with Crippen molar-refractivity contribution in [3.05, 3.63) is 29.8 Å². The highest BCUT2D eigenvalue weighted by Crippen LogP contribution is 2.36. The van der Waals surface area contributed by atoms with Crippen LogP contribution in [0.5, 0.6) is 0 Å². The lowest BCUT2D eigenvalue weighted by molar-refractivity contribution is -0.192. The van der Waals surface area contributed by atoms with E-state index < -0.39 is 12.1 Å². The monoisotopic (exact) mass is 438 g/mol. The molecule has 0 atom stereocenters. The molecule has 0 radical (unpaired) electrons. The second-order valence-corrected chi connectivity index (χ2v) is 6.14. The van der Waals surface area contributed by atoms with E-state index in [-0.39, 0.29) is 11.6 Å². The molecule has 11 nitrogen and oxygen atoms in total. The van der Waals surface area contributed by atoms with Gasteiger partial charge in [0.05, 0.1) is 0 Å². The number of carboxylic acids is 1. The Labute approximate surface area is 173 Å². The molecule has 1 aromatic heterocycles.